The van der Waals surface area contributed by atoms with Crippen LogP contribution >= 0.6 is 0 Å². The largest absolute Gasteiger partial charge is 0.622 e. The summed E-state index contributed by atoms with van der Waals surface area (Å²) in [6.45, 7) is 3.90. The molecule has 1 aromatic heterocycles. The summed E-state index contributed by atoms with van der Waals surface area (Å²) in [6.07, 6.45) is 6.61. The highest BCUT2D eigenvalue weighted by Gasteiger charge is 2.48. The SMILES string of the molecule is CC(C)C[C@H](NC(=O)[C@H](Cc1ccccc1)NC(=O)c1cnccn1)B1OC(=O)[C@H]2CCC[C@@H](C(=O)O1)N2C. The number of carbonyl (C=O) groups is 4. The molecule has 2 aliphatic rings. The summed E-state index contributed by atoms with van der Waals surface area (Å²) in [5.74, 6) is -2.78. The van der Waals surface area contributed by atoms with Gasteiger partial charge in [-0.05, 0) is 44.2 Å². The van der Waals surface area contributed by atoms with Crippen LogP contribution in [0.25, 0.3) is 0 Å². The van der Waals surface area contributed by atoms with Crippen molar-refractivity contribution in [2.75, 3.05) is 7.05 Å². The van der Waals surface area contributed by atoms with Crippen LogP contribution in [0.15, 0.2) is 48.9 Å². The van der Waals surface area contributed by atoms with E-state index < -0.39 is 54.9 Å². The molecule has 11 nitrogen and oxygen atoms in total. The molecule has 1 aromatic carbocycles. The Bertz CT molecular complexity index is 1140. The standard InChI is InChI=1S/C27H34BN5O6/c1-17(2)14-23(28-38-26(36)21-10-7-11-22(33(21)3)27(37)39-28)32-24(34)19(15-18-8-5-4-6-9-18)31-25(35)20-16-29-12-13-30-20/h4-6,8-9,12-13,16-17,19,21-23H,7,10-11,14-15H2,1-3H3,(H,31,35)(H,32,34)/t19-,21-,22+,23-/m0/s1. The van der Waals surface area contributed by atoms with Crippen LogP contribution in [-0.4, -0.2) is 76.9 Å². The molecule has 39 heavy (non-hydrogen) atoms. The fourth-order valence-electron chi connectivity index (χ4n) is 5.01. The van der Waals surface area contributed by atoms with Gasteiger partial charge in [-0.15, -0.1) is 0 Å². The number of amides is 2. The van der Waals surface area contributed by atoms with Gasteiger partial charge in [0, 0.05) is 18.8 Å². The number of carbonyl (C=O) groups excluding carboxylic acids is 4. The molecule has 2 aliphatic heterocycles. The maximum atomic E-state index is 13.7. The number of benzene rings is 1. The lowest BCUT2D eigenvalue weighted by Gasteiger charge is -2.40. The molecule has 0 unspecified atom stereocenters. The quantitative estimate of drug-likeness (QED) is 0.455. The van der Waals surface area contributed by atoms with Crippen molar-refractivity contribution in [3.63, 3.8) is 0 Å². The lowest BCUT2D eigenvalue weighted by molar-refractivity contribution is -0.157. The van der Waals surface area contributed by atoms with Gasteiger partial charge < -0.3 is 19.9 Å². The van der Waals surface area contributed by atoms with Gasteiger partial charge in [0.15, 0.2) is 0 Å². The third kappa shape index (κ3) is 7.20. The molecule has 0 aliphatic carbocycles. The summed E-state index contributed by atoms with van der Waals surface area (Å²) >= 11 is 0. The zero-order chi connectivity index (χ0) is 27.9. The molecular weight excluding hydrogens is 501 g/mol. The van der Waals surface area contributed by atoms with Crippen molar-refractivity contribution in [3.8, 4) is 0 Å². The van der Waals surface area contributed by atoms with E-state index in [1.807, 2.05) is 44.2 Å². The van der Waals surface area contributed by atoms with Crippen LogP contribution in [0, 0.1) is 5.92 Å². The number of piperidine rings is 1. The third-order valence-corrected chi connectivity index (χ3v) is 7.03. The molecular formula is C27H34BN5O6. The minimum atomic E-state index is -1.29. The van der Waals surface area contributed by atoms with Gasteiger partial charge in [-0.3, -0.25) is 29.1 Å². The molecule has 2 N–H and O–H groups in total. The van der Waals surface area contributed by atoms with Gasteiger partial charge in [-0.1, -0.05) is 44.2 Å². The Morgan fingerprint density at radius 3 is 2.31 bits per heavy atom. The Morgan fingerprint density at radius 1 is 1.05 bits per heavy atom. The second kappa shape index (κ2) is 12.8. The number of hydrogen-bond acceptors (Lipinski definition) is 9. The maximum absolute atomic E-state index is 13.7. The Morgan fingerprint density at radius 2 is 1.72 bits per heavy atom. The van der Waals surface area contributed by atoms with Crippen molar-refractivity contribution in [3.05, 3.63) is 60.2 Å². The minimum absolute atomic E-state index is 0.0700. The summed E-state index contributed by atoms with van der Waals surface area (Å²) in [6, 6.07) is 7.18. The Kier molecular flexibility index (Phi) is 9.29. The molecule has 4 rings (SSSR count). The molecule has 0 saturated carbocycles. The van der Waals surface area contributed by atoms with E-state index >= 15 is 0 Å². The van der Waals surface area contributed by atoms with E-state index in [9.17, 15) is 19.2 Å². The van der Waals surface area contributed by atoms with Gasteiger partial charge in [-0.25, -0.2) is 4.98 Å². The molecule has 0 spiro atoms. The van der Waals surface area contributed by atoms with E-state index in [0.29, 0.717) is 25.7 Å². The summed E-state index contributed by atoms with van der Waals surface area (Å²) < 4.78 is 11.4. The van der Waals surface area contributed by atoms with Crippen molar-refractivity contribution in [1.29, 1.82) is 0 Å². The van der Waals surface area contributed by atoms with E-state index in [1.165, 1.54) is 18.6 Å². The fourth-order valence-corrected chi connectivity index (χ4v) is 5.01. The molecule has 206 valence electrons. The molecule has 2 fully saturated rings. The van der Waals surface area contributed by atoms with Crippen molar-refractivity contribution < 1.29 is 28.5 Å². The lowest BCUT2D eigenvalue weighted by Crippen LogP contribution is -2.62. The van der Waals surface area contributed by atoms with Crippen LogP contribution in [0.4, 0.5) is 0 Å². The topological polar surface area (TPSA) is 140 Å². The number of nitrogens with zero attached hydrogens (tertiary/aromatic N) is 3. The summed E-state index contributed by atoms with van der Waals surface area (Å²) in [4.78, 5) is 62.2. The van der Waals surface area contributed by atoms with Gasteiger partial charge >= 0.3 is 19.1 Å². The van der Waals surface area contributed by atoms with Gasteiger partial charge in [0.25, 0.3) is 5.91 Å². The van der Waals surface area contributed by atoms with Gasteiger partial charge in [0.2, 0.25) is 5.91 Å². The molecule has 0 radical (unpaired) electrons. The number of nitrogens with one attached hydrogen (secondary N) is 2. The first kappa shape index (κ1) is 28.2. The zero-order valence-corrected chi connectivity index (χ0v) is 22.4. The van der Waals surface area contributed by atoms with Crippen LogP contribution in [0.5, 0.6) is 0 Å². The molecule has 2 aromatic rings. The van der Waals surface area contributed by atoms with Crippen LogP contribution in [0.3, 0.4) is 0 Å². The van der Waals surface area contributed by atoms with Gasteiger partial charge in [0.1, 0.15) is 23.8 Å². The van der Waals surface area contributed by atoms with Gasteiger partial charge in [-0.2, -0.15) is 0 Å². The smallest absolute Gasteiger partial charge is 0.497 e. The van der Waals surface area contributed by atoms with Crippen molar-refractivity contribution >= 4 is 30.9 Å². The average Bonchev–Trinajstić information content (AvgIpc) is 2.92. The number of hydrogen-bond donors (Lipinski definition) is 2. The first-order valence-electron chi connectivity index (χ1n) is 13.3. The second-order valence-electron chi connectivity index (χ2n) is 10.4. The maximum Gasteiger partial charge on any atom is 0.622 e. The fraction of sp³-hybridized carbons (Fsp3) is 0.481. The Hall–Kier alpha value is -3.80. The minimum Gasteiger partial charge on any atom is -0.497 e. The molecule has 2 bridgehead atoms. The van der Waals surface area contributed by atoms with Crippen LogP contribution in [0.2, 0.25) is 0 Å². The van der Waals surface area contributed by atoms with E-state index in [1.54, 1.807) is 11.9 Å². The van der Waals surface area contributed by atoms with Crippen LogP contribution < -0.4 is 10.6 Å². The number of likely N-dealkylation sites (N-methyl/N-ethyl adjacent to an activating group) is 1. The monoisotopic (exact) mass is 535 g/mol. The first-order chi connectivity index (χ1) is 18.7. The predicted molar refractivity (Wildman–Crippen MR) is 142 cm³/mol. The number of aromatic nitrogens is 2. The molecule has 3 heterocycles. The molecule has 12 heteroatoms. The predicted octanol–water partition coefficient (Wildman–Crippen LogP) is 1.33. The molecule has 2 saturated heterocycles. The summed E-state index contributed by atoms with van der Waals surface area (Å²) in [5.41, 5.74) is 0.901. The van der Waals surface area contributed by atoms with E-state index in [-0.39, 0.29) is 18.0 Å². The van der Waals surface area contributed by atoms with E-state index in [4.69, 9.17) is 9.31 Å². The highest BCUT2D eigenvalue weighted by molar-refractivity contribution is 6.51. The highest BCUT2D eigenvalue weighted by Crippen LogP contribution is 2.26. The number of rotatable bonds is 9. The average molecular weight is 535 g/mol. The van der Waals surface area contributed by atoms with E-state index in [0.717, 1.165) is 5.56 Å². The van der Waals surface area contributed by atoms with Gasteiger partial charge in [0.05, 0.1) is 12.1 Å². The molecule has 2 amide bonds. The lowest BCUT2D eigenvalue weighted by atomic mass is 9.72. The van der Waals surface area contributed by atoms with Crippen molar-refractivity contribution in [1.82, 2.24) is 25.5 Å². The van der Waals surface area contributed by atoms with Crippen molar-refractivity contribution in [2.24, 2.45) is 5.92 Å². The second-order valence-corrected chi connectivity index (χ2v) is 10.4. The third-order valence-electron chi connectivity index (χ3n) is 7.03. The van der Waals surface area contributed by atoms with Crippen molar-refractivity contribution in [2.45, 2.75) is 70.0 Å². The van der Waals surface area contributed by atoms with Crippen LogP contribution in [0.1, 0.15) is 55.6 Å². The summed E-state index contributed by atoms with van der Waals surface area (Å²) in [7, 11) is 0.430. The summed E-state index contributed by atoms with van der Waals surface area (Å²) in [5, 5.41) is 5.65. The Balaban J connectivity index is 1.56. The Labute approximate surface area is 228 Å². The van der Waals surface area contributed by atoms with E-state index in [2.05, 4.69) is 20.6 Å². The number of fused-ring (bicyclic) bond motifs is 2. The highest BCUT2D eigenvalue weighted by atomic mass is 16.6. The molecule has 4 atom stereocenters. The normalized spacial score (nSPS) is 21.2. The van der Waals surface area contributed by atoms with Crippen LogP contribution in [-0.2, 0) is 30.1 Å². The zero-order valence-electron chi connectivity index (χ0n) is 22.4. The first-order valence-corrected chi connectivity index (χ1v) is 13.3.